The highest BCUT2D eigenvalue weighted by Crippen LogP contribution is 2.13. The zero-order valence-electron chi connectivity index (χ0n) is 12.5. The van der Waals surface area contributed by atoms with E-state index in [1.165, 1.54) is 61.9 Å². The molecule has 0 bridgehead atoms. The van der Waals surface area contributed by atoms with E-state index in [-0.39, 0.29) is 0 Å². The molecule has 0 atom stereocenters. The molecule has 1 heterocycles. The van der Waals surface area contributed by atoms with Gasteiger partial charge in [0.15, 0.2) is 0 Å². The predicted octanol–water partition coefficient (Wildman–Crippen LogP) is 5.11. The van der Waals surface area contributed by atoms with Gasteiger partial charge in [-0.3, -0.25) is 4.98 Å². The summed E-state index contributed by atoms with van der Waals surface area (Å²) in [5, 5.41) is 0. The van der Waals surface area contributed by atoms with Crippen molar-refractivity contribution in [2.24, 2.45) is 0 Å². The van der Waals surface area contributed by atoms with Crippen LogP contribution in [0.5, 0.6) is 0 Å². The first-order valence-corrected chi connectivity index (χ1v) is 7.78. The Balaban J connectivity index is 2.74. The molecule has 0 unspecified atom stereocenters. The highest BCUT2D eigenvalue weighted by atomic mass is 14.7. The Bertz CT molecular complexity index is 266. The number of nitrogens with zero attached hydrogens (tertiary/aromatic N) is 1. The molecule has 18 heavy (non-hydrogen) atoms. The van der Waals surface area contributed by atoms with Crippen molar-refractivity contribution in [3.05, 3.63) is 29.1 Å². The van der Waals surface area contributed by atoms with Gasteiger partial charge in [0.1, 0.15) is 0 Å². The number of pyridine rings is 1. The van der Waals surface area contributed by atoms with Crippen LogP contribution in [-0.4, -0.2) is 4.98 Å². The summed E-state index contributed by atoms with van der Waals surface area (Å²) in [7, 11) is 0. The molecule has 0 amide bonds. The van der Waals surface area contributed by atoms with Crippen molar-refractivity contribution in [3.8, 4) is 0 Å². The lowest BCUT2D eigenvalue weighted by atomic mass is 10.0. The van der Waals surface area contributed by atoms with Crippen molar-refractivity contribution in [1.82, 2.24) is 4.98 Å². The number of hydrogen-bond donors (Lipinski definition) is 0. The molecule has 0 fully saturated rings. The number of hydrogen-bond acceptors (Lipinski definition) is 1. The van der Waals surface area contributed by atoms with E-state index in [0.717, 1.165) is 12.8 Å². The SMILES string of the molecule is CCCCc1cc(CCCC)nc(CCCC)c1. The summed E-state index contributed by atoms with van der Waals surface area (Å²) in [6.07, 6.45) is 11.1. The van der Waals surface area contributed by atoms with E-state index in [0.29, 0.717) is 0 Å². The smallest absolute Gasteiger partial charge is 0.0409 e. The Kier molecular flexibility index (Phi) is 7.71. The number of unbranched alkanes of at least 4 members (excludes halogenated alkanes) is 3. The van der Waals surface area contributed by atoms with Crippen LogP contribution in [0.2, 0.25) is 0 Å². The summed E-state index contributed by atoms with van der Waals surface area (Å²) in [6.45, 7) is 6.76. The van der Waals surface area contributed by atoms with Gasteiger partial charge in [0.25, 0.3) is 0 Å². The highest BCUT2D eigenvalue weighted by Gasteiger charge is 2.03. The molecule has 0 aliphatic carbocycles. The maximum absolute atomic E-state index is 4.82. The molecular formula is C17H29N. The lowest BCUT2D eigenvalue weighted by molar-refractivity contribution is 0.735. The van der Waals surface area contributed by atoms with Gasteiger partial charge in [0.05, 0.1) is 0 Å². The second-order valence-corrected chi connectivity index (χ2v) is 5.27. The number of aryl methyl sites for hydroxylation is 3. The highest BCUT2D eigenvalue weighted by molar-refractivity contribution is 5.22. The molecule has 1 rings (SSSR count). The van der Waals surface area contributed by atoms with E-state index in [9.17, 15) is 0 Å². The van der Waals surface area contributed by atoms with E-state index in [4.69, 9.17) is 4.98 Å². The van der Waals surface area contributed by atoms with Crippen LogP contribution in [0.4, 0.5) is 0 Å². The summed E-state index contributed by atoms with van der Waals surface area (Å²) in [5.41, 5.74) is 4.14. The van der Waals surface area contributed by atoms with Gasteiger partial charge in [-0.15, -0.1) is 0 Å². The second kappa shape index (κ2) is 9.13. The third kappa shape index (κ3) is 5.66. The molecule has 0 saturated heterocycles. The summed E-state index contributed by atoms with van der Waals surface area (Å²) >= 11 is 0. The molecular weight excluding hydrogens is 218 g/mol. The molecule has 0 saturated carbocycles. The molecule has 102 valence electrons. The largest absolute Gasteiger partial charge is 0.258 e. The second-order valence-electron chi connectivity index (χ2n) is 5.27. The van der Waals surface area contributed by atoms with E-state index < -0.39 is 0 Å². The zero-order chi connectivity index (χ0) is 13.2. The minimum absolute atomic E-state index is 1.15. The van der Waals surface area contributed by atoms with Crippen molar-refractivity contribution in [2.75, 3.05) is 0 Å². The van der Waals surface area contributed by atoms with Crippen LogP contribution in [0, 0.1) is 0 Å². The summed E-state index contributed by atoms with van der Waals surface area (Å²) in [6, 6.07) is 4.67. The molecule has 1 aromatic rings. The van der Waals surface area contributed by atoms with Gasteiger partial charge in [-0.2, -0.15) is 0 Å². The van der Waals surface area contributed by atoms with Gasteiger partial charge in [0.2, 0.25) is 0 Å². The minimum Gasteiger partial charge on any atom is -0.258 e. The van der Waals surface area contributed by atoms with Crippen LogP contribution in [0.3, 0.4) is 0 Å². The monoisotopic (exact) mass is 247 g/mol. The average Bonchev–Trinajstić information content (AvgIpc) is 2.40. The normalized spacial score (nSPS) is 10.8. The molecule has 0 N–H and O–H groups in total. The Morgan fingerprint density at radius 2 is 1.17 bits per heavy atom. The standard InChI is InChI=1S/C17H29N/c1-4-7-10-15-13-16(11-8-5-2)18-17(14-15)12-9-6-3/h13-14H,4-12H2,1-3H3. The quantitative estimate of drug-likeness (QED) is 0.591. The molecule has 1 heteroatoms. The summed E-state index contributed by atoms with van der Waals surface area (Å²) in [5.74, 6) is 0. The van der Waals surface area contributed by atoms with Crippen LogP contribution in [0.1, 0.15) is 76.2 Å². The zero-order valence-corrected chi connectivity index (χ0v) is 12.5. The van der Waals surface area contributed by atoms with Gasteiger partial charge in [-0.1, -0.05) is 40.0 Å². The molecule has 0 aliphatic heterocycles. The van der Waals surface area contributed by atoms with Gasteiger partial charge in [0, 0.05) is 11.4 Å². The first kappa shape index (κ1) is 15.2. The topological polar surface area (TPSA) is 12.9 Å². The fraction of sp³-hybridized carbons (Fsp3) is 0.706. The molecule has 0 aromatic carbocycles. The predicted molar refractivity (Wildman–Crippen MR) is 80.1 cm³/mol. The van der Waals surface area contributed by atoms with Crippen molar-refractivity contribution in [1.29, 1.82) is 0 Å². The van der Waals surface area contributed by atoms with Crippen LogP contribution in [-0.2, 0) is 19.3 Å². The van der Waals surface area contributed by atoms with Gasteiger partial charge < -0.3 is 0 Å². The fourth-order valence-electron chi connectivity index (χ4n) is 2.22. The Morgan fingerprint density at radius 3 is 1.61 bits per heavy atom. The summed E-state index contributed by atoms with van der Waals surface area (Å²) < 4.78 is 0. The van der Waals surface area contributed by atoms with Crippen molar-refractivity contribution in [3.63, 3.8) is 0 Å². The van der Waals surface area contributed by atoms with Gasteiger partial charge in [-0.25, -0.2) is 0 Å². The third-order valence-electron chi connectivity index (χ3n) is 3.38. The maximum atomic E-state index is 4.82. The fourth-order valence-corrected chi connectivity index (χ4v) is 2.22. The molecule has 0 aliphatic rings. The molecule has 1 aromatic heterocycles. The Hall–Kier alpha value is -0.850. The van der Waals surface area contributed by atoms with E-state index in [1.807, 2.05) is 0 Å². The Labute approximate surface area is 113 Å². The van der Waals surface area contributed by atoms with Crippen molar-refractivity contribution >= 4 is 0 Å². The third-order valence-corrected chi connectivity index (χ3v) is 3.38. The Morgan fingerprint density at radius 1 is 0.722 bits per heavy atom. The molecule has 1 nitrogen and oxygen atoms in total. The van der Waals surface area contributed by atoms with Crippen molar-refractivity contribution in [2.45, 2.75) is 78.6 Å². The van der Waals surface area contributed by atoms with Crippen LogP contribution in [0.15, 0.2) is 12.1 Å². The van der Waals surface area contributed by atoms with Gasteiger partial charge in [-0.05, 0) is 56.2 Å². The minimum atomic E-state index is 1.15. The number of aromatic nitrogens is 1. The van der Waals surface area contributed by atoms with Crippen molar-refractivity contribution < 1.29 is 0 Å². The molecule has 0 radical (unpaired) electrons. The lowest BCUT2D eigenvalue weighted by Crippen LogP contribution is -2.00. The van der Waals surface area contributed by atoms with Crippen LogP contribution < -0.4 is 0 Å². The lowest BCUT2D eigenvalue weighted by Gasteiger charge is -2.08. The van der Waals surface area contributed by atoms with Crippen LogP contribution in [0.25, 0.3) is 0 Å². The van der Waals surface area contributed by atoms with E-state index >= 15 is 0 Å². The van der Waals surface area contributed by atoms with E-state index in [1.54, 1.807) is 0 Å². The first-order chi connectivity index (χ1) is 8.80. The summed E-state index contributed by atoms with van der Waals surface area (Å²) in [4.78, 5) is 4.82. The van der Waals surface area contributed by atoms with Crippen LogP contribution >= 0.6 is 0 Å². The van der Waals surface area contributed by atoms with E-state index in [2.05, 4.69) is 32.9 Å². The maximum Gasteiger partial charge on any atom is 0.0409 e. The average molecular weight is 247 g/mol. The number of rotatable bonds is 9. The van der Waals surface area contributed by atoms with Gasteiger partial charge >= 0.3 is 0 Å². The molecule has 0 spiro atoms. The first-order valence-electron chi connectivity index (χ1n) is 7.78.